The number of piperidine rings is 1. The first kappa shape index (κ1) is 13.7. The van der Waals surface area contributed by atoms with Crippen LogP contribution in [0.15, 0.2) is 27.2 Å². The van der Waals surface area contributed by atoms with Crippen molar-refractivity contribution in [1.29, 1.82) is 0 Å². The molecule has 1 aliphatic heterocycles. The van der Waals surface area contributed by atoms with Crippen molar-refractivity contribution in [3.05, 3.63) is 34.3 Å². The van der Waals surface area contributed by atoms with E-state index in [0.29, 0.717) is 27.7 Å². The van der Waals surface area contributed by atoms with Crippen LogP contribution in [0.3, 0.4) is 0 Å². The first-order valence-electron chi connectivity index (χ1n) is 6.70. The third-order valence-electron chi connectivity index (χ3n) is 3.45. The predicted octanol–water partition coefficient (Wildman–Crippen LogP) is 3.18. The summed E-state index contributed by atoms with van der Waals surface area (Å²) in [5, 5.41) is 7.36. The number of halogens is 2. The maximum atomic E-state index is 13.4. The zero-order valence-electron chi connectivity index (χ0n) is 10.9. The van der Waals surface area contributed by atoms with Crippen LogP contribution in [0, 0.1) is 11.7 Å². The molecule has 1 atom stereocenters. The standard InChI is InChI=1S/C14H15BrFN3O/c15-11-5-10(6-12(16)7-11)14-18-13(19-20-14)4-9-2-1-3-17-8-9/h5-7,9,17H,1-4,8H2. The Balaban J connectivity index is 1.75. The van der Waals surface area contributed by atoms with Crippen LogP contribution in [0.2, 0.25) is 0 Å². The minimum absolute atomic E-state index is 0.328. The minimum atomic E-state index is -0.328. The molecule has 2 aromatic rings. The molecule has 1 saturated heterocycles. The second-order valence-electron chi connectivity index (χ2n) is 5.09. The van der Waals surface area contributed by atoms with Crippen LogP contribution >= 0.6 is 15.9 Å². The number of hydrogen-bond acceptors (Lipinski definition) is 4. The molecule has 0 aliphatic carbocycles. The van der Waals surface area contributed by atoms with E-state index >= 15 is 0 Å². The molecule has 1 N–H and O–H groups in total. The summed E-state index contributed by atoms with van der Waals surface area (Å²) in [7, 11) is 0. The van der Waals surface area contributed by atoms with Crippen LogP contribution < -0.4 is 5.32 Å². The van der Waals surface area contributed by atoms with E-state index in [1.165, 1.54) is 25.0 Å². The summed E-state index contributed by atoms with van der Waals surface area (Å²) < 4.78 is 19.3. The number of aromatic nitrogens is 2. The quantitative estimate of drug-likeness (QED) is 0.932. The summed E-state index contributed by atoms with van der Waals surface area (Å²) in [6.07, 6.45) is 3.17. The molecule has 1 aromatic carbocycles. The van der Waals surface area contributed by atoms with Gasteiger partial charge in [0.1, 0.15) is 5.82 Å². The molecule has 3 rings (SSSR count). The first-order chi connectivity index (χ1) is 9.70. The Labute approximate surface area is 124 Å². The van der Waals surface area contributed by atoms with Gasteiger partial charge in [0.2, 0.25) is 0 Å². The molecule has 1 aromatic heterocycles. The highest BCUT2D eigenvalue weighted by Gasteiger charge is 2.17. The number of nitrogens with one attached hydrogen (secondary N) is 1. The van der Waals surface area contributed by atoms with E-state index in [2.05, 4.69) is 31.4 Å². The van der Waals surface area contributed by atoms with Crippen molar-refractivity contribution in [2.45, 2.75) is 19.3 Å². The highest BCUT2D eigenvalue weighted by molar-refractivity contribution is 9.10. The highest BCUT2D eigenvalue weighted by atomic mass is 79.9. The lowest BCUT2D eigenvalue weighted by molar-refractivity contribution is 0.360. The third kappa shape index (κ3) is 3.24. The Kier molecular flexibility index (Phi) is 4.12. The van der Waals surface area contributed by atoms with E-state index in [1.54, 1.807) is 6.07 Å². The van der Waals surface area contributed by atoms with E-state index in [4.69, 9.17) is 4.52 Å². The number of benzene rings is 1. The van der Waals surface area contributed by atoms with Crippen molar-refractivity contribution in [1.82, 2.24) is 15.5 Å². The molecule has 1 aliphatic rings. The van der Waals surface area contributed by atoms with E-state index < -0.39 is 0 Å². The van der Waals surface area contributed by atoms with Gasteiger partial charge in [-0.05, 0) is 50.0 Å². The zero-order valence-corrected chi connectivity index (χ0v) is 12.5. The van der Waals surface area contributed by atoms with Gasteiger partial charge in [-0.15, -0.1) is 0 Å². The minimum Gasteiger partial charge on any atom is -0.334 e. The van der Waals surface area contributed by atoms with Crippen molar-refractivity contribution in [2.24, 2.45) is 5.92 Å². The normalized spacial score (nSPS) is 19.2. The molecular weight excluding hydrogens is 325 g/mol. The summed E-state index contributed by atoms with van der Waals surface area (Å²) in [6, 6.07) is 4.56. The van der Waals surface area contributed by atoms with Gasteiger partial charge in [0.15, 0.2) is 5.82 Å². The Morgan fingerprint density at radius 2 is 2.30 bits per heavy atom. The van der Waals surface area contributed by atoms with E-state index in [-0.39, 0.29) is 5.82 Å². The van der Waals surface area contributed by atoms with Gasteiger partial charge >= 0.3 is 0 Å². The monoisotopic (exact) mass is 339 g/mol. The van der Waals surface area contributed by atoms with Gasteiger partial charge in [0.25, 0.3) is 5.89 Å². The molecule has 0 spiro atoms. The molecule has 0 amide bonds. The molecule has 0 saturated carbocycles. The van der Waals surface area contributed by atoms with Crippen LogP contribution in [-0.4, -0.2) is 23.2 Å². The zero-order chi connectivity index (χ0) is 13.9. The van der Waals surface area contributed by atoms with E-state index in [9.17, 15) is 4.39 Å². The molecule has 6 heteroatoms. The Hall–Kier alpha value is -1.27. The SMILES string of the molecule is Fc1cc(Br)cc(-c2nc(CC3CCCNC3)no2)c1. The summed E-state index contributed by atoms with van der Waals surface area (Å²) in [6.45, 7) is 2.08. The summed E-state index contributed by atoms with van der Waals surface area (Å²) in [5.41, 5.74) is 0.595. The predicted molar refractivity (Wildman–Crippen MR) is 76.7 cm³/mol. The summed E-state index contributed by atoms with van der Waals surface area (Å²) in [4.78, 5) is 4.36. The highest BCUT2D eigenvalue weighted by Crippen LogP contribution is 2.24. The molecule has 2 heterocycles. The van der Waals surface area contributed by atoms with Gasteiger partial charge in [-0.2, -0.15) is 4.98 Å². The second kappa shape index (κ2) is 6.01. The van der Waals surface area contributed by atoms with Gasteiger partial charge in [-0.25, -0.2) is 4.39 Å². The summed E-state index contributed by atoms with van der Waals surface area (Å²) in [5.74, 6) is 1.28. The van der Waals surface area contributed by atoms with Crippen LogP contribution in [0.5, 0.6) is 0 Å². The van der Waals surface area contributed by atoms with Gasteiger partial charge in [0.05, 0.1) is 0 Å². The second-order valence-corrected chi connectivity index (χ2v) is 6.01. The molecule has 4 nitrogen and oxygen atoms in total. The van der Waals surface area contributed by atoms with Crippen molar-refractivity contribution in [3.8, 4) is 11.5 Å². The van der Waals surface area contributed by atoms with Crippen molar-refractivity contribution in [2.75, 3.05) is 13.1 Å². The molecule has 0 radical (unpaired) electrons. The topological polar surface area (TPSA) is 51.0 Å². The maximum absolute atomic E-state index is 13.4. The molecule has 20 heavy (non-hydrogen) atoms. The van der Waals surface area contributed by atoms with Crippen LogP contribution in [0.25, 0.3) is 11.5 Å². The van der Waals surface area contributed by atoms with E-state index in [1.807, 2.05) is 0 Å². The third-order valence-corrected chi connectivity index (χ3v) is 3.91. The fourth-order valence-corrected chi connectivity index (χ4v) is 2.95. The Morgan fingerprint density at radius 3 is 3.05 bits per heavy atom. The van der Waals surface area contributed by atoms with E-state index in [0.717, 1.165) is 19.5 Å². The van der Waals surface area contributed by atoms with Gasteiger partial charge in [-0.3, -0.25) is 0 Å². The molecular formula is C14H15BrFN3O. The fourth-order valence-electron chi connectivity index (χ4n) is 2.49. The lowest BCUT2D eigenvalue weighted by Gasteiger charge is -2.20. The van der Waals surface area contributed by atoms with Crippen LogP contribution in [0.1, 0.15) is 18.7 Å². The van der Waals surface area contributed by atoms with Gasteiger partial charge in [0, 0.05) is 16.5 Å². The van der Waals surface area contributed by atoms with Crippen LogP contribution in [-0.2, 0) is 6.42 Å². The molecule has 106 valence electrons. The Bertz CT molecular complexity index is 576. The average molecular weight is 340 g/mol. The molecule has 1 fully saturated rings. The largest absolute Gasteiger partial charge is 0.334 e. The number of hydrogen-bond donors (Lipinski definition) is 1. The fraction of sp³-hybridized carbons (Fsp3) is 0.429. The average Bonchev–Trinajstić information content (AvgIpc) is 2.87. The smallest absolute Gasteiger partial charge is 0.258 e. The lowest BCUT2D eigenvalue weighted by Crippen LogP contribution is -2.31. The van der Waals surface area contributed by atoms with Crippen molar-refractivity contribution in [3.63, 3.8) is 0 Å². The number of nitrogens with zero attached hydrogens (tertiary/aromatic N) is 2. The van der Waals surface area contributed by atoms with Gasteiger partial charge < -0.3 is 9.84 Å². The van der Waals surface area contributed by atoms with Crippen LogP contribution in [0.4, 0.5) is 4.39 Å². The van der Waals surface area contributed by atoms with Crippen molar-refractivity contribution >= 4 is 15.9 Å². The number of rotatable bonds is 3. The summed E-state index contributed by atoms with van der Waals surface area (Å²) >= 11 is 3.26. The van der Waals surface area contributed by atoms with Crippen molar-refractivity contribution < 1.29 is 8.91 Å². The lowest BCUT2D eigenvalue weighted by atomic mass is 9.96. The Morgan fingerprint density at radius 1 is 1.40 bits per heavy atom. The molecule has 0 bridgehead atoms. The first-order valence-corrected chi connectivity index (χ1v) is 7.50. The molecule has 1 unspecified atom stereocenters. The maximum Gasteiger partial charge on any atom is 0.258 e. The van der Waals surface area contributed by atoms with Gasteiger partial charge in [-0.1, -0.05) is 21.1 Å².